The topological polar surface area (TPSA) is 88.0 Å². The summed E-state index contributed by atoms with van der Waals surface area (Å²) in [7, 11) is 1.36. The highest BCUT2D eigenvalue weighted by atomic mass is 16.6. The minimum absolute atomic E-state index is 0.124. The Balaban J connectivity index is 1.41. The van der Waals surface area contributed by atoms with Gasteiger partial charge in [0.05, 0.1) is 12.0 Å². The van der Waals surface area contributed by atoms with Crippen LogP contribution in [0.15, 0.2) is 42.5 Å². The van der Waals surface area contributed by atoms with Gasteiger partial charge in [0.2, 0.25) is 0 Å². The number of rotatable bonds is 7. The van der Waals surface area contributed by atoms with Gasteiger partial charge in [-0.25, -0.2) is 0 Å². The van der Waals surface area contributed by atoms with Gasteiger partial charge in [0.1, 0.15) is 0 Å². The van der Waals surface area contributed by atoms with Crippen LogP contribution in [-0.2, 0) is 0 Å². The van der Waals surface area contributed by atoms with Crippen LogP contribution in [0.3, 0.4) is 0 Å². The number of hydrogen-bond acceptors (Lipinski definition) is 6. The van der Waals surface area contributed by atoms with Crippen molar-refractivity contribution in [2.24, 2.45) is 5.92 Å². The molecule has 0 aromatic heterocycles. The highest BCUT2D eigenvalue weighted by Gasteiger charge is 2.26. The number of nitrogens with zero attached hydrogens (tertiary/aromatic N) is 3. The van der Waals surface area contributed by atoms with Gasteiger partial charge in [-0.2, -0.15) is 0 Å². The third-order valence-corrected chi connectivity index (χ3v) is 5.69. The molecule has 8 nitrogen and oxygen atoms in total. The number of hydrogen-bond donors (Lipinski definition) is 1. The average Bonchev–Trinajstić information content (AvgIpc) is 3.58. The number of carbonyl (C=O) groups is 1. The molecular formula is C22H26N4O4. The molecule has 0 bridgehead atoms. The lowest BCUT2D eigenvalue weighted by Crippen LogP contribution is -2.47. The predicted octanol–water partition coefficient (Wildman–Crippen LogP) is 3.39. The average molecular weight is 410 g/mol. The maximum atomic E-state index is 12.6. The standard InChI is InChI=1S/C22H26N4O4/c1-30-21-8-7-17(13-20(21)26(28)29)22(27)23-18-3-2-4-19(14-18)25-11-9-24(10-12-25)15-16-5-6-16/h2-4,7-8,13-14,16H,5-6,9-12,15H2,1H3,(H,23,27). The van der Waals surface area contributed by atoms with Gasteiger partial charge >= 0.3 is 5.69 Å². The van der Waals surface area contributed by atoms with E-state index in [2.05, 4.69) is 15.1 Å². The number of ether oxygens (including phenoxy) is 1. The van der Waals surface area contributed by atoms with Crippen LogP contribution in [0.4, 0.5) is 17.1 Å². The van der Waals surface area contributed by atoms with Gasteiger partial charge in [-0.1, -0.05) is 6.07 Å². The molecule has 1 N–H and O–H groups in total. The Morgan fingerprint density at radius 2 is 1.93 bits per heavy atom. The molecule has 30 heavy (non-hydrogen) atoms. The van der Waals surface area contributed by atoms with Gasteiger partial charge < -0.3 is 15.0 Å². The van der Waals surface area contributed by atoms with E-state index in [1.54, 1.807) is 0 Å². The lowest BCUT2D eigenvalue weighted by Gasteiger charge is -2.36. The largest absolute Gasteiger partial charge is 0.490 e. The number of nitrogens with one attached hydrogen (secondary N) is 1. The molecule has 158 valence electrons. The molecule has 2 aromatic rings. The molecule has 0 atom stereocenters. The molecule has 8 heteroatoms. The van der Waals surface area contributed by atoms with E-state index < -0.39 is 10.8 Å². The van der Waals surface area contributed by atoms with Crippen molar-refractivity contribution in [3.8, 4) is 5.75 Å². The zero-order valence-corrected chi connectivity index (χ0v) is 17.0. The van der Waals surface area contributed by atoms with Crippen molar-refractivity contribution in [1.29, 1.82) is 0 Å². The number of anilines is 2. The third kappa shape index (κ3) is 4.71. The molecule has 2 aromatic carbocycles. The number of carbonyl (C=O) groups excluding carboxylic acids is 1. The van der Waals surface area contributed by atoms with Crippen molar-refractivity contribution in [2.45, 2.75) is 12.8 Å². The first-order valence-corrected chi connectivity index (χ1v) is 10.2. The molecule has 1 saturated heterocycles. The van der Waals surface area contributed by atoms with Crippen molar-refractivity contribution in [3.63, 3.8) is 0 Å². The Morgan fingerprint density at radius 1 is 1.17 bits per heavy atom. The van der Waals surface area contributed by atoms with Gasteiger partial charge in [-0.05, 0) is 49.1 Å². The second-order valence-electron chi connectivity index (χ2n) is 7.88. The number of benzene rings is 2. The molecule has 4 rings (SSSR count). The van der Waals surface area contributed by atoms with Crippen LogP contribution in [0.25, 0.3) is 0 Å². The SMILES string of the molecule is COc1ccc(C(=O)Nc2cccc(N3CCN(CC4CC4)CC3)c2)cc1[N+](=O)[O-]. The van der Waals surface area contributed by atoms with Crippen molar-refractivity contribution in [3.05, 3.63) is 58.1 Å². The molecule has 2 aliphatic rings. The lowest BCUT2D eigenvalue weighted by atomic mass is 10.1. The maximum absolute atomic E-state index is 12.6. The molecule has 0 spiro atoms. The van der Waals surface area contributed by atoms with Crippen LogP contribution in [0.5, 0.6) is 5.75 Å². The summed E-state index contributed by atoms with van der Waals surface area (Å²) in [6.45, 7) is 5.27. The summed E-state index contributed by atoms with van der Waals surface area (Å²) >= 11 is 0. The van der Waals surface area contributed by atoms with E-state index in [4.69, 9.17) is 4.74 Å². The molecule has 1 saturated carbocycles. The smallest absolute Gasteiger partial charge is 0.311 e. The molecule has 1 heterocycles. The fourth-order valence-electron chi connectivity index (χ4n) is 3.81. The molecule has 1 amide bonds. The lowest BCUT2D eigenvalue weighted by molar-refractivity contribution is -0.385. The maximum Gasteiger partial charge on any atom is 0.311 e. The Labute approximate surface area is 175 Å². The van der Waals surface area contributed by atoms with Crippen molar-refractivity contribution >= 4 is 23.0 Å². The Morgan fingerprint density at radius 3 is 2.60 bits per heavy atom. The summed E-state index contributed by atoms with van der Waals surface area (Å²) in [5.74, 6) is 0.635. The highest BCUT2D eigenvalue weighted by Crippen LogP contribution is 2.31. The number of nitro benzene ring substituents is 1. The van der Waals surface area contributed by atoms with Crippen LogP contribution < -0.4 is 15.0 Å². The van der Waals surface area contributed by atoms with E-state index in [0.717, 1.165) is 37.8 Å². The molecule has 0 radical (unpaired) electrons. The summed E-state index contributed by atoms with van der Waals surface area (Å²) in [6.07, 6.45) is 2.75. The number of amides is 1. The molecule has 2 fully saturated rings. The first-order valence-electron chi connectivity index (χ1n) is 10.2. The van der Waals surface area contributed by atoms with Gasteiger partial charge in [0, 0.05) is 55.7 Å². The molecule has 0 unspecified atom stereocenters. The van der Waals surface area contributed by atoms with E-state index in [1.165, 1.54) is 44.7 Å². The minimum atomic E-state index is -0.556. The van der Waals surface area contributed by atoms with Gasteiger partial charge in [-0.15, -0.1) is 0 Å². The minimum Gasteiger partial charge on any atom is -0.490 e. The van der Waals surface area contributed by atoms with E-state index in [9.17, 15) is 14.9 Å². The molecule has 1 aliphatic heterocycles. The van der Waals surface area contributed by atoms with Crippen LogP contribution in [-0.4, -0.2) is 55.6 Å². The second-order valence-corrected chi connectivity index (χ2v) is 7.88. The second kappa shape index (κ2) is 8.71. The zero-order chi connectivity index (χ0) is 21.1. The molecule has 1 aliphatic carbocycles. The number of piperazine rings is 1. The summed E-state index contributed by atoms with van der Waals surface area (Å²) in [6, 6.07) is 11.9. The summed E-state index contributed by atoms with van der Waals surface area (Å²) in [5, 5.41) is 14.0. The summed E-state index contributed by atoms with van der Waals surface area (Å²) in [5.41, 5.74) is 1.71. The third-order valence-electron chi connectivity index (χ3n) is 5.69. The molecular weight excluding hydrogens is 384 g/mol. The number of methoxy groups -OCH3 is 1. The fraction of sp³-hybridized carbons (Fsp3) is 0.409. The van der Waals surface area contributed by atoms with E-state index in [0.29, 0.717) is 5.69 Å². The van der Waals surface area contributed by atoms with Crippen molar-refractivity contribution in [1.82, 2.24) is 4.90 Å². The fourth-order valence-corrected chi connectivity index (χ4v) is 3.81. The van der Waals surface area contributed by atoms with Crippen LogP contribution in [0, 0.1) is 16.0 Å². The Kier molecular flexibility index (Phi) is 5.85. The quantitative estimate of drug-likeness (QED) is 0.556. The van der Waals surface area contributed by atoms with E-state index in [1.807, 2.05) is 24.3 Å². The first kappa shape index (κ1) is 20.2. The highest BCUT2D eigenvalue weighted by molar-refractivity contribution is 6.05. The first-order chi connectivity index (χ1) is 14.5. The van der Waals surface area contributed by atoms with E-state index in [-0.39, 0.29) is 17.0 Å². The predicted molar refractivity (Wildman–Crippen MR) is 115 cm³/mol. The van der Waals surface area contributed by atoms with Crippen LogP contribution in [0.2, 0.25) is 0 Å². The monoisotopic (exact) mass is 410 g/mol. The van der Waals surface area contributed by atoms with Crippen molar-refractivity contribution in [2.75, 3.05) is 50.1 Å². The summed E-state index contributed by atoms with van der Waals surface area (Å²) < 4.78 is 4.99. The Hall–Kier alpha value is -3.13. The number of nitro groups is 1. The normalized spacial score (nSPS) is 16.9. The van der Waals surface area contributed by atoms with Gasteiger partial charge in [0.25, 0.3) is 5.91 Å². The Bertz CT molecular complexity index is 936. The van der Waals surface area contributed by atoms with Crippen molar-refractivity contribution < 1.29 is 14.5 Å². The van der Waals surface area contributed by atoms with Gasteiger partial charge in [0.15, 0.2) is 5.75 Å². The van der Waals surface area contributed by atoms with Crippen LogP contribution in [0.1, 0.15) is 23.2 Å². The summed E-state index contributed by atoms with van der Waals surface area (Å²) in [4.78, 5) is 28.1. The van der Waals surface area contributed by atoms with Crippen LogP contribution >= 0.6 is 0 Å². The van der Waals surface area contributed by atoms with E-state index >= 15 is 0 Å². The van der Waals surface area contributed by atoms with Gasteiger partial charge in [-0.3, -0.25) is 19.8 Å². The zero-order valence-electron chi connectivity index (χ0n) is 17.0.